The number of thiazole rings is 1. The van der Waals surface area contributed by atoms with Crippen molar-refractivity contribution in [1.82, 2.24) is 10.3 Å². The van der Waals surface area contributed by atoms with Crippen molar-refractivity contribution in [1.29, 1.82) is 0 Å². The summed E-state index contributed by atoms with van der Waals surface area (Å²) in [6, 6.07) is 3.93. The van der Waals surface area contributed by atoms with Gasteiger partial charge >= 0.3 is 0 Å². The lowest BCUT2D eigenvalue weighted by atomic mass is 10.4. The topological polar surface area (TPSA) is 71.2 Å². The molecule has 2 aromatic heterocycles. The highest BCUT2D eigenvalue weighted by Gasteiger charge is 2.17. The third kappa shape index (κ3) is 3.50. The summed E-state index contributed by atoms with van der Waals surface area (Å²) in [5.41, 5.74) is 5.81. The molecular formula is C12H15BrN4OS2. The Bertz CT molecular complexity index is 610. The van der Waals surface area contributed by atoms with E-state index in [2.05, 4.69) is 26.2 Å². The van der Waals surface area contributed by atoms with Crippen molar-refractivity contribution in [2.75, 3.05) is 24.2 Å². The molecule has 0 aliphatic heterocycles. The Morgan fingerprint density at radius 3 is 2.85 bits per heavy atom. The van der Waals surface area contributed by atoms with Crippen LogP contribution < -0.4 is 16.0 Å². The number of hydrogen-bond donors (Lipinski definition) is 2. The van der Waals surface area contributed by atoms with Gasteiger partial charge in [-0.15, -0.1) is 11.3 Å². The number of aromatic nitrogens is 1. The van der Waals surface area contributed by atoms with Crippen LogP contribution in [0, 0.1) is 0 Å². The minimum Gasteiger partial charge on any atom is -0.382 e. The minimum atomic E-state index is -0.180. The molecule has 1 amide bonds. The van der Waals surface area contributed by atoms with Gasteiger partial charge in [0.2, 0.25) is 0 Å². The number of nitrogens with two attached hydrogens (primary N) is 1. The molecular weight excluding hydrogens is 360 g/mol. The van der Waals surface area contributed by atoms with E-state index in [4.69, 9.17) is 5.73 Å². The molecule has 8 heteroatoms. The standard InChI is InChI=1S/C12H15BrN4OS2/c1-3-17(2)12-16-10(14)9(20-12)11(18)15-6-7-4-5-8(13)19-7/h4-5H,3,6,14H2,1-2H3,(H,15,18). The molecule has 0 aliphatic rings. The van der Waals surface area contributed by atoms with Crippen molar-refractivity contribution in [2.45, 2.75) is 13.5 Å². The molecule has 5 nitrogen and oxygen atoms in total. The highest BCUT2D eigenvalue weighted by molar-refractivity contribution is 9.11. The molecule has 0 bridgehead atoms. The quantitative estimate of drug-likeness (QED) is 0.843. The number of nitrogens with zero attached hydrogens (tertiary/aromatic N) is 2. The molecule has 0 atom stereocenters. The van der Waals surface area contributed by atoms with Crippen LogP contribution in [0.4, 0.5) is 10.9 Å². The van der Waals surface area contributed by atoms with Crippen LogP contribution in [0.5, 0.6) is 0 Å². The molecule has 0 spiro atoms. The number of thiophene rings is 1. The highest BCUT2D eigenvalue weighted by Crippen LogP contribution is 2.27. The molecule has 0 unspecified atom stereocenters. The van der Waals surface area contributed by atoms with Gasteiger partial charge in [-0.25, -0.2) is 4.98 Å². The molecule has 0 radical (unpaired) electrons. The van der Waals surface area contributed by atoms with Crippen molar-refractivity contribution in [3.63, 3.8) is 0 Å². The molecule has 0 fully saturated rings. The van der Waals surface area contributed by atoms with Gasteiger partial charge < -0.3 is 16.0 Å². The monoisotopic (exact) mass is 374 g/mol. The summed E-state index contributed by atoms with van der Waals surface area (Å²) < 4.78 is 1.05. The first-order valence-electron chi connectivity index (χ1n) is 6.01. The summed E-state index contributed by atoms with van der Waals surface area (Å²) in [5.74, 6) is 0.107. The van der Waals surface area contributed by atoms with Gasteiger partial charge in [0, 0.05) is 18.5 Å². The number of rotatable bonds is 5. The van der Waals surface area contributed by atoms with Crippen LogP contribution in [0.3, 0.4) is 0 Å². The van der Waals surface area contributed by atoms with Gasteiger partial charge in [-0.1, -0.05) is 11.3 Å². The summed E-state index contributed by atoms with van der Waals surface area (Å²) in [5, 5.41) is 3.62. The van der Waals surface area contributed by atoms with Crippen LogP contribution in [0.15, 0.2) is 15.9 Å². The fraction of sp³-hybridized carbons (Fsp3) is 0.333. The Hall–Kier alpha value is -1.12. The van der Waals surface area contributed by atoms with Crippen LogP contribution in [0.1, 0.15) is 21.5 Å². The number of carbonyl (C=O) groups is 1. The van der Waals surface area contributed by atoms with Crippen molar-refractivity contribution in [3.05, 3.63) is 25.7 Å². The van der Waals surface area contributed by atoms with E-state index in [0.29, 0.717) is 11.4 Å². The molecule has 0 aliphatic carbocycles. The molecule has 20 heavy (non-hydrogen) atoms. The fourth-order valence-corrected chi connectivity index (χ4v) is 3.83. The normalized spacial score (nSPS) is 10.6. The summed E-state index contributed by atoms with van der Waals surface area (Å²) in [7, 11) is 1.92. The van der Waals surface area contributed by atoms with Gasteiger partial charge in [-0.2, -0.15) is 0 Å². The summed E-state index contributed by atoms with van der Waals surface area (Å²) in [6.45, 7) is 3.33. The first kappa shape index (κ1) is 15.3. The first-order chi connectivity index (χ1) is 9.51. The number of amides is 1. The summed E-state index contributed by atoms with van der Waals surface area (Å²) >= 11 is 6.30. The molecule has 0 aromatic carbocycles. The van der Waals surface area contributed by atoms with Crippen LogP contribution in [0.2, 0.25) is 0 Å². The van der Waals surface area contributed by atoms with E-state index in [1.54, 1.807) is 11.3 Å². The molecule has 0 saturated carbocycles. The number of carbonyl (C=O) groups excluding carboxylic acids is 1. The third-order valence-corrected chi connectivity index (χ3v) is 5.51. The Kier molecular flexibility index (Phi) is 5.00. The maximum absolute atomic E-state index is 12.1. The lowest BCUT2D eigenvalue weighted by molar-refractivity contribution is 0.0956. The summed E-state index contributed by atoms with van der Waals surface area (Å²) in [6.07, 6.45) is 0. The van der Waals surface area contributed by atoms with E-state index in [1.807, 2.05) is 31.0 Å². The largest absolute Gasteiger partial charge is 0.382 e. The number of nitrogens with one attached hydrogen (secondary N) is 1. The van der Waals surface area contributed by atoms with E-state index in [0.717, 1.165) is 20.3 Å². The Morgan fingerprint density at radius 1 is 1.50 bits per heavy atom. The number of anilines is 2. The third-order valence-electron chi connectivity index (χ3n) is 2.70. The summed E-state index contributed by atoms with van der Waals surface area (Å²) in [4.78, 5) is 19.8. The predicted octanol–water partition coefficient (Wildman–Crippen LogP) is 2.94. The maximum atomic E-state index is 12.1. The zero-order chi connectivity index (χ0) is 14.7. The molecule has 2 aromatic rings. The predicted molar refractivity (Wildman–Crippen MR) is 88.7 cm³/mol. The smallest absolute Gasteiger partial charge is 0.265 e. The SMILES string of the molecule is CCN(C)c1nc(N)c(C(=O)NCc2ccc(Br)s2)s1. The lowest BCUT2D eigenvalue weighted by Gasteiger charge is -2.10. The van der Waals surface area contributed by atoms with Gasteiger partial charge in [0.1, 0.15) is 10.7 Å². The van der Waals surface area contributed by atoms with Crippen molar-refractivity contribution < 1.29 is 4.79 Å². The van der Waals surface area contributed by atoms with Crippen molar-refractivity contribution >= 4 is 55.5 Å². The second-order valence-corrected chi connectivity index (χ2v) is 7.64. The first-order valence-corrected chi connectivity index (χ1v) is 8.43. The van der Waals surface area contributed by atoms with Gasteiger partial charge in [0.05, 0.1) is 10.3 Å². The number of hydrogen-bond acceptors (Lipinski definition) is 6. The fourth-order valence-electron chi connectivity index (χ4n) is 1.48. The van der Waals surface area contributed by atoms with Gasteiger partial charge in [-0.3, -0.25) is 4.79 Å². The Morgan fingerprint density at radius 2 is 2.25 bits per heavy atom. The molecule has 2 heterocycles. The highest BCUT2D eigenvalue weighted by atomic mass is 79.9. The minimum absolute atomic E-state index is 0.180. The molecule has 108 valence electrons. The average molecular weight is 375 g/mol. The second-order valence-electron chi connectivity index (χ2n) is 4.11. The molecule has 3 N–H and O–H groups in total. The molecule has 2 rings (SSSR count). The van der Waals surface area contributed by atoms with Gasteiger partial charge in [0.15, 0.2) is 5.13 Å². The Balaban J connectivity index is 2.03. The van der Waals surface area contributed by atoms with E-state index in [-0.39, 0.29) is 11.7 Å². The molecule has 0 saturated heterocycles. The van der Waals surface area contributed by atoms with Gasteiger partial charge in [0.25, 0.3) is 5.91 Å². The number of halogens is 1. The van der Waals surface area contributed by atoms with E-state index in [9.17, 15) is 4.79 Å². The zero-order valence-corrected chi connectivity index (χ0v) is 14.4. The van der Waals surface area contributed by atoms with Crippen molar-refractivity contribution in [2.24, 2.45) is 0 Å². The van der Waals surface area contributed by atoms with Crippen LogP contribution in [-0.2, 0) is 6.54 Å². The zero-order valence-electron chi connectivity index (χ0n) is 11.1. The van der Waals surface area contributed by atoms with Gasteiger partial charge in [-0.05, 0) is 35.0 Å². The second kappa shape index (κ2) is 6.55. The Labute approximate surface area is 133 Å². The van der Waals surface area contributed by atoms with Crippen LogP contribution in [-0.4, -0.2) is 24.5 Å². The maximum Gasteiger partial charge on any atom is 0.265 e. The van der Waals surface area contributed by atoms with Crippen LogP contribution >= 0.6 is 38.6 Å². The average Bonchev–Trinajstić information content (AvgIpc) is 3.01. The number of nitrogen functional groups attached to an aromatic ring is 1. The lowest BCUT2D eigenvalue weighted by Crippen LogP contribution is -2.22. The van der Waals surface area contributed by atoms with Crippen molar-refractivity contribution in [3.8, 4) is 0 Å². The van der Waals surface area contributed by atoms with E-state index >= 15 is 0 Å². The van der Waals surface area contributed by atoms with E-state index in [1.165, 1.54) is 11.3 Å². The van der Waals surface area contributed by atoms with E-state index < -0.39 is 0 Å². The van der Waals surface area contributed by atoms with Crippen LogP contribution in [0.25, 0.3) is 0 Å².